The SMILES string of the molecule is CCCCn1c(=O)[nH]c(=O)c2c1nc(-c1cc(Br)ccc1F)n2CC. The van der Waals surface area contributed by atoms with Gasteiger partial charge < -0.3 is 4.57 Å². The Morgan fingerprint density at radius 1 is 1.24 bits per heavy atom. The lowest BCUT2D eigenvalue weighted by Gasteiger charge is -2.07. The third kappa shape index (κ3) is 3.06. The number of halogens is 2. The summed E-state index contributed by atoms with van der Waals surface area (Å²) in [7, 11) is 0. The van der Waals surface area contributed by atoms with E-state index in [1.54, 1.807) is 16.7 Å². The summed E-state index contributed by atoms with van der Waals surface area (Å²) in [6.07, 6.45) is 1.68. The van der Waals surface area contributed by atoms with Crippen LogP contribution in [0.1, 0.15) is 26.7 Å². The molecule has 0 bridgehead atoms. The van der Waals surface area contributed by atoms with Crippen molar-refractivity contribution in [3.05, 3.63) is 49.3 Å². The summed E-state index contributed by atoms with van der Waals surface area (Å²) in [6, 6.07) is 4.56. The first-order chi connectivity index (χ1) is 12.0. The Balaban J connectivity index is 2.38. The second-order valence-corrected chi connectivity index (χ2v) is 6.66. The molecule has 1 aromatic carbocycles. The molecule has 2 heterocycles. The number of nitrogens with one attached hydrogen (secondary N) is 1. The van der Waals surface area contributed by atoms with Crippen LogP contribution < -0.4 is 11.2 Å². The van der Waals surface area contributed by atoms with Crippen molar-refractivity contribution in [2.24, 2.45) is 0 Å². The molecule has 25 heavy (non-hydrogen) atoms. The van der Waals surface area contributed by atoms with Gasteiger partial charge in [0.15, 0.2) is 11.2 Å². The number of rotatable bonds is 5. The van der Waals surface area contributed by atoms with Gasteiger partial charge in [-0.1, -0.05) is 29.3 Å². The van der Waals surface area contributed by atoms with E-state index in [0.29, 0.717) is 29.0 Å². The highest BCUT2D eigenvalue weighted by molar-refractivity contribution is 9.10. The Bertz CT molecular complexity index is 1050. The van der Waals surface area contributed by atoms with E-state index >= 15 is 0 Å². The molecule has 0 radical (unpaired) electrons. The van der Waals surface area contributed by atoms with Crippen LogP contribution in [0.3, 0.4) is 0 Å². The minimum absolute atomic E-state index is 0.279. The van der Waals surface area contributed by atoms with E-state index in [9.17, 15) is 14.0 Å². The van der Waals surface area contributed by atoms with Crippen LogP contribution in [0.15, 0.2) is 32.3 Å². The molecule has 0 saturated heterocycles. The van der Waals surface area contributed by atoms with Crippen LogP contribution in [-0.2, 0) is 13.1 Å². The Hall–Kier alpha value is -2.22. The van der Waals surface area contributed by atoms with Crippen LogP contribution in [-0.4, -0.2) is 19.1 Å². The smallest absolute Gasteiger partial charge is 0.318 e. The highest BCUT2D eigenvalue weighted by atomic mass is 79.9. The fourth-order valence-corrected chi connectivity index (χ4v) is 3.24. The molecule has 0 fully saturated rings. The van der Waals surface area contributed by atoms with Gasteiger partial charge in [0, 0.05) is 17.6 Å². The molecule has 1 N–H and O–H groups in total. The molecule has 2 aromatic heterocycles. The fourth-order valence-electron chi connectivity index (χ4n) is 2.88. The van der Waals surface area contributed by atoms with Crippen molar-refractivity contribution in [1.29, 1.82) is 0 Å². The van der Waals surface area contributed by atoms with Crippen LogP contribution in [0, 0.1) is 5.82 Å². The lowest BCUT2D eigenvalue weighted by atomic mass is 10.2. The molecule has 0 saturated carbocycles. The van der Waals surface area contributed by atoms with Gasteiger partial charge in [-0.15, -0.1) is 0 Å². The molecule has 0 aliphatic heterocycles. The minimum Gasteiger partial charge on any atom is -0.318 e. The average Bonchev–Trinajstić information content (AvgIpc) is 2.96. The van der Waals surface area contributed by atoms with E-state index in [0.717, 1.165) is 12.8 Å². The van der Waals surface area contributed by atoms with E-state index in [1.807, 2.05) is 13.8 Å². The lowest BCUT2D eigenvalue weighted by Crippen LogP contribution is -2.31. The van der Waals surface area contributed by atoms with Crippen LogP contribution >= 0.6 is 15.9 Å². The van der Waals surface area contributed by atoms with Gasteiger partial charge >= 0.3 is 5.69 Å². The molecular formula is C17H18BrFN4O2. The van der Waals surface area contributed by atoms with Crippen LogP contribution in [0.4, 0.5) is 4.39 Å². The largest absolute Gasteiger partial charge is 0.330 e. The zero-order chi connectivity index (χ0) is 18.1. The van der Waals surface area contributed by atoms with E-state index in [1.165, 1.54) is 10.6 Å². The van der Waals surface area contributed by atoms with Gasteiger partial charge in [0.2, 0.25) is 0 Å². The van der Waals surface area contributed by atoms with E-state index < -0.39 is 17.1 Å². The molecule has 0 spiro atoms. The van der Waals surface area contributed by atoms with Crippen molar-refractivity contribution in [3.63, 3.8) is 0 Å². The molecule has 0 aliphatic carbocycles. The number of aromatic nitrogens is 4. The fraction of sp³-hybridized carbons (Fsp3) is 0.353. The molecule has 3 aromatic rings. The van der Waals surface area contributed by atoms with Gasteiger partial charge in [-0.05, 0) is 31.5 Å². The molecule has 6 nitrogen and oxygen atoms in total. The van der Waals surface area contributed by atoms with Gasteiger partial charge in [-0.25, -0.2) is 14.2 Å². The highest BCUT2D eigenvalue weighted by Gasteiger charge is 2.20. The highest BCUT2D eigenvalue weighted by Crippen LogP contribution is 2.27. The maximum Gasteiger partial charge on any atom is 0.330 e. The summed E-state index contributed by atoms with van der Waals surface area (Å²) in [4.78, 5) is 31.4. The number of benzene rings is 1. The lowest BCUT2D eigenvalue weighted by molar-refractivity contribution is 0.613. The van der Waals surface area contributed by atoms with E-state index in [-0.39, 0.29) is 11.1 Å². The van der Waals surface area contributed by atoms with Crippen molar-refractivity contribution < 1.29 is 4.39 Å². The first-order valence-corrected chi connectivity index (χ1v) is 8.96. The zero-order valence-corrected chi connectivity index (χ0v) is 15.6. The number of H-pyrrole nitrogens is 1. The van der Waals surface area contributed by atoms with Crippen molar-refractivity contribution in [2.45, 2.75) is 39.8 Å². The molecular weight excluding hydrogens is 391 g/mol. The van der Waals surface area contributed by atoms with Gasteiger partial charge in [0.1, 0.15) is 11.6 Å². The van der Waals surface area contributed by atoms with Crippen molar-refractivity contribution >= 4 is 27.1 Å². The van der Waals surface area contributed by atoms with Crippen LogP contribution in [0.5, 0.6) is 0 Å². The van der Waals surface area contributed by atoms with Crippen molar-refractivity contribution in [1.82, 2.24) is 19.1 Å². The zero-order valence-electron chi connectivity index (χ0n) is 14.0. The predicted octanol–water partition coefficient (Wildman–Crippen LogP) is 3.27. The number of imidazole rings is 1. The molecule has 0 amide bonds. The number of aromatic amines is 1. The number of fused-ring (bicyclic) bond motifs is 1. The summed E-state index contributed by atoms with van der Waals surface area (Å²) >= 11 is 3.33. The maximum atomic E-state index is 14.4. The summed E-state index contributed by atoms with van der Waals surface area (Å²) in [5.41, 5.74) is -0.149. The standard InChI is InChI=1S/C17H18BrFN4O2/c1-3-5-8-23-15-13(16(24)21-17(23)25)22(4-2)14(20-15)11-9-10(18)6-7-12(11)19/h6-7,9H,3-5,8H2,1-2H3,(H,21,24,25). The second kappa shape index (κ2) is 6.95. The molecule has 8 heteroatoms. The van der Waals surface area contributed by atoms with Crippen LogP contribution in [0.2, 0.25) is 0 Å². The number of aryl methyl sites for hydroxylation is 2. The Kier molecular flexibility index (Phi) is 4.89. The van der Waals surface area contributed by atoms with Gasteiger partial charge in [0.05, 0.1) is 5.56 Å². The Labute approximate surface area is 151 Å². The summed E-state index contributed by atoms with van der Waals surface area (Å²) < 4.78 is 18.1. The number of hydrogen-bond acceptors (Lipinski definition) is 3. The Morgan fingerprint density at radius 2 is 2.00 bits per heavy atom. The van der Waals surface area contributed by atoms with Crippen LogP contribution in [0.25, 0.3) is 22.6 Å². The molecule has 0 aliphatic rings. The average molecular weight is 409 g/mol. The van der Waals surface area contributed by atoms with E-state index in [2.05, 4.69) is 25.9 Å². The first kappa shape index (κ1) is 17.6. The summed E-state index contributed by atoms with van der Waals surface area (Å²) in [6.45, 7) is 4.74. The van der Waals surface area contributed by atoms with E-state index in [4.69, 9.17) is 0 Å². The summed E-state index contributed by atoms with van der Waals surface area (Å²) in [5, 5.41) is 0. The number of unbranched alkanes of at least 4 members (excludes halogenated alkanes) is 1. The normalized spacial score (nSPS) is 11.4. The summed E-state index contributed by atoms with van der Waals surface area (Å²) in [5.74, 6) is -0.107. The first-order valence-electron chi connectivity index (χ1n) is 8.16. The molecule has 0 atom stereocenters. The van der Waals surface area contributed by atoms with Gasteiger partial charge in [-0.3, -0.25) is 14.3 Å². The maximum absolute atomic E-state index is 14.4. The number of hydrogen-bond donors (Lipinski definition) is 1. The second-order valence-electron chi connectivity index (χ2n) is 5.74. The number of nitrogens with zero attached hydrogens (tertiary/aromatic N) is 3. The quantitative estimate of drug-likeness (QED) is 0.703. The minimum atomic E-state index is -0.510. The third-order valence-electron chi connectivity index (χ3n) is 4.11. The topological polar surface area (TPSA) is 72.7 Å². The monoisotopic (exact) mass is 408 g/mol. The third-order valence-corrected chi connectivity index (χ3v) is 4.60. The van der Waals surface area contributed by atoms with Crippen molar-refractivity contribution in [3.8, 4) is 11.4 Å². The molecule has 3 rings (SSSR count). The molecule has 0 unspecified atom stereocenters. The molecule has 132 valence electrons. The van der Waals surface area contributed by atoms with Gasteiger partial charge in [-0.2, -0.15) is 0 Å². The van der Waals surface area contributed by atoms with Crippen molar-refractivity contribution in [2.75, 3.05) is 0 Å². The predicted molar refractivity (Wildman–Crippen MR) is 98.3 cm³/mol. The van der Waals surface area contributed by atoms with Gasteiger partial charge in [0.25, 0.3) is 5.56 Å². The Morgan fingerprint density at radius 3 is 2.68 bits per heavy atom.